The van der Waals surface area contributed by atoms with Gasteiger partial charge in [-0.15, -0.1) is 0 Å². The number of methoxy groups -OCH3 is 3. The average Bonchev–Trinajstić information content (AvgIpc) is 3.59. The lowest BCUT2D eigenvalue weighted by molar-refractivity contribution is -0.141. The van der Waals surface area contributed by atoms with Gasteiger partial charge >= 0.3 is 5.97 Å². The minimum Gasteiger partial charge on any atom is -0.497 e. The van der Waals surface area contributed by atoms with Crippen molar-refractivity contribution in [3.05, 3.63) is 65.2 Å². The zero-order chi connectivity index (χ0) is 27.8. The summed E-state index contributed by atoms with van der Waals surface area (Å²) in [5.41, 5.74) is 3.47. The van der Waals surface area contributed by atoms with Crippen LogP contribution < -0.4 is 33.7 Å². The van der Waals surface area contributed by atoms with E-state index in [1.807, 2.05) is 24.3 Å². The third-order valence-corrected chi connectivity index (χ3v) is 7.59. The van der Waals surface area contributed by atoms with Gasteiger partial charge in [0.25, 0.3) is 5.91 Å². The van der Waals surface area contributed by atoms with Crippen molar-refractivity contribution in [3.8, 4) is 34.5 Å². The third kappa shape index (κ3) is 4.59. The minimum atomic E-state index is -0.371. The Morgan fingerprint density at radius 2 is 1.62 bits per heavy atom. The second-order valence-electron chi connectivity index (χ2n) is 9.82. The molecule has 208 valence electrons. The van der Waals surface area contributed by atoms with Gasteiger partial charge in [0.1, 0.15) is 5.75 Å². The van der Waals surface area contributed by atoms with Gasteiger partial charge in [0.15, 0.2) is 29.6 Å². The Hall–Kier alpha value is -4.60. The number of hydrogen-bond donors (Lipinski definition) is 1. The molecule has 1 aliphatic carbocycles. The van der Waals surface area contributed by atoms with Crippen molar-refractivity contribution in [2.45, 2.75) is 12.3 Å². The number of esters is 1. The van der Waals surface area contributed by atoms with E-state index in [-0.39, 0.29) is 48.8 Å². The second-order valence-corrected chi connectivity index (χ2v) is 9.82. The molecule has 2 heterocycles. The normalized spacial score (nSPS) is 20.2. The first kappa shape index (κ1) is 25.7. The van der Waals surface area contributed by atoms with Gasteiger partial charge < -0.3 is 38.5 Å². The largest absolute Gasteiger partial charge is 0.497 e. The highest BCUT2D eigenvalue weighted by Gasteiger charge is 2.48. The van der Waals surface area contributed by atoms with Crippen molar-refractivity contribution in [2.24, 2.45) is 11.8 Å². The number of hydrogen-bond acceptors (Lipinski definition) is 9. The number of fused-ring (bicyclic) bond motifs is 3. The van der Waals surface area contributed by atoms with Gasteiger partial charge in [-0.3, -0.25) is 9.59 Å². The molecule has 10 heteroatoms. The molecule has 1 saturated heterocycles. The summed E-state index contributed by atoms with van der Waals surface area (Å²) in [5.74, 6) is 1.82. The Balaban J connectivity index is 1.30. The zero-order valence-electron chi connectivity index (χ0n) is 22.4. The molecular weight excluding hydrogens is 518 g/mol. The third-order valence-electron chi connectivity index (χ3n) is 7.59. The highest BCUT2D eigenvalue weighted by Crippen LogP contribution is 2.52. The van der Waals surface area contributed by atoms with Crippen LogP contribution in [-0.2, 0) is 20.7 Å². The number of cyclic esters (lactones) is 1. The number of ether oxygens (including phenoxy) is 7. The van der Waals surface area contributed by atoms with Gasteiger partial charge in [-0.25, -0.2) is 0 Å². The standard InChI is InChI=1S/C30H29NO9/c1-34-20-6-4-19(5-7-20)31-26(32)14-37-29-24(35-2)10-17(11-25(29)36-3)27-21-12-23-22(39-15-40-23)9-16(21)8-18-13-38-30(33)28(18)27/h4-7,9-12,18,27-28H,8,13-15H2,1-3H3,(H,31,32)/t18-,27+,28-/m0/s1. The summed E-state index contributed by atoms with van der Waals surface area (Å²) in [6.45, 7) is 0.259. The topological polar surface area (TPSA) is 111 Å². The van der Waals surface area contributed by atoms with E-state index in [9.17, 15) is 9.59 Å². The summed E-state index contributed by atoms with van der Waals surface area (Å²) in [6.07, 6.45) is 0.706. The molecule has 0 spiro atoms. The van der Waals surface area contributed by atoms with Crippen LogP contribution in [0.1, 0.15) is 22.6 Å². The van der Waals surface area contributed by atoms with E-state index in [4.69, 9.17) is 33.2 Å². The highest BCUT2D eigenvalue weighted by molar-refractivity contribution is 5.92. The van der Waals surface area contributed by atoms with Gasteiger partial charge in [-0.05, 0) is 71.6 Å². The molecule has 0 radical (unpaired) electrons. The highest BCUT2D eigenvalue weighted by atomic mass is 16.7. The van der Waals surface area contributed by atoms with Crippen molar-refractivity contribution < 1.29 is 42.7 Å². The van der Waals surface area contributed by atoms with E-state index in [1.165, 1.54) is 14.2 Å². The molecule has 40 heavy (non-hydrogen) atoms. The molecule has 0 aromatic heterocycles. The SMILES string of the molecule is COc1ccc(NC(=O)COc2c(OC)cc([C@@H]3c4cc5c(cc4C[C@H]4COC(=O)[C@@H]43)OCO5)cc2OC)cc1. The van der Waals surface area contributed by atoms with Gasteiger partial charge in [-0.1, -0.05) is 0 Å². The van der Waals surface area contributed by atoms with Crippen molar-refractivity contribution in [1.82, 2.24) is 0 Å². The molecule has 0 unspecified atom stereocenters. The molecule has 3 aromatic carbocycles. The van der Waals surface area contributed by atoms with Crippen LogP contribution in [-0.4, -0.2) is 53.2 Å². The maximum atomic E-state index is 13.0. The van der Waals surface area contributed by atoms with E-state index < -0.39 is 0 Å². The Morgan fingerprint density at radius 3 is 2.30 bits per heavy atom. The maximum Gasteiger partial charge on any atom is 0.310 e. The minimum absolute atomic E-state index is 0.0277. The van der Waals surface area contributed by atoms with Crippen LogP contribution in [0.2, 0.25) is 0 Å². The smallest absolute Gasteiger partial charge is 0.310 e. The van der Waals surface area contributed by atoms with Crippen LogP contribution in [0.3, 0.4) is 0 Å². The molecule has 10 nitrogen and oxygen atoms in total. The maximum absolute atomic E-state index is 13.0. The molecular formula is C30H29NO9. The van der Waals surface area contributed by atoms with Crippen LogP contribution in [0, 0.1) is 11.8 Å². The summed E-state index contributed by atoms with van der Waals surface area (Å²) < 4.78 is 39.2. The van der Waals surface area contributed by atoms with Crippen molar-refractivity contribution in [2.75, 3.05) is 46.7 Å². The Kier molecular flexibility index (Phi) is 6.75. The average molecular weight is 548 g/mol. The molecule has 2 aliphatic heterocycles. The Labute approximate surface area is 231 Å². The molecule has 0 saturated carbocycles. The van der Waals surface area contributed by atoms with Crippen LogP contribution >= 0.6 is 0 Å². The Morgan fingerprint density at radius 1 is 0.925 bits per heavy atom. The number of rotatable bonds is 8. The molecule has 1 N–H and O–H groups in total. The van der Waals surface area contributed by atoms with Gasteiger partial charge in [-0.2, -0.15) is 0 Å². The molecule has 6 rings (SSSR count). The van der Waals surface area contributed by atoms with Crippen LogP contribution in [0.5, 0.6) is 34.5 Å². The van der Waals surface area contributed by atoms with E-state index in [0.29, 0.717) is 47.5 Å². The van der Waals surface area contributed by atoms with E-state index >= 15 is 0 Å². The summed E-state index contributed by atoms with van der Waals surface area (Å²) >= 11 is 0. The molecule has 0 bridgehead atoms. The van der Waals surface area contributed by atoms with Crippen LogP contribution in [0.25, 0.3) is 0 Å². The molecule has 3 atom stereocenters. The van der Waals surface area contributed by atoms with E-state index in [2.05, 4.69) is 5.32 Å². The lowest BCUT2D eigenvalue weighted by Gasteiger charge is -2.34. The second kappa shape index (κ2) is 10.5. The quantitative estimate of drug-likeness (QED) is 0.419. The number of nitrogens with one attached hydrogen (secondary N) is 1. The van der Waals surface area contributed by atoms with Crippen LogP contribution in [0.4, 0.5) is 5.69 Å². The van der Waals surface area contributed by atoms with Crippen molar-refractivity contribution in [3.63, 3.8) is 0 Å². The lowest BCUT2D eigenvalue weighted by atomic mass is 9.67. The Bertz CT molecular complexity index is 1430. The molecule has 3 aliphatic rings. The molecule has 1 amide bonds. The fourth-order valence-electron chi connectivity index (χ4n) is 5.74. The fourth-order valence-corrected chi connectivity index (χ4v) is 5.74. The van der Waals surface area contributed by atoms with E-state index in [1.54, 1.807) is 31.4 Å². The summed E-state index contributed by atoms with van der Waals surface area (Å²) in [5, 5.41) is 2.79. The van der Waals surface area contributed by atoms with Gasteiger partial charge in [0, 0.05) is 17.5 Å². The van der Waals surface area contributed by atoms with Crippen molar-refractivity contribution >= 4 is 17.6 Å². The van der Waals surface area contributed by atoms with Gasteiger partial charge in [0.2, 0.25) is 12.5 Å². The predicted molar refractivity (Wildman–Crippen MR) is 143 cm³/mol. The number of anilines is 1. The first-order chi connectivity index (χ1) is 19.5. The monoisotopic (exact) mass is 547 g/mol. The van der Waals surface area contributed by atoms with Crippen molar-refractivity contribution in [1.29, 1.82) is 0 Å². The molecule has 3 aromatic rings. The summed E-state index contributed by atoms with van der Waals surface area (Å²) in [6, 6.07) is 14.6. The first-order valence-electron chi connectivity index (χ1n) is 12.9. The van der Waals surface area contributed by atoms with Crippen LogP contribution in [0.15, 0.2) is 48.5 Å². The first-order valence-corrected chi connectivity index (χ1v) is 12.9. The lowest BCUT2D eigenvalue weighted by Crippen LogP contribution is -2.31. The zero-order valence-corrected chi connectivity index (χ0v) is 22.4. The van der Waals surface area contributed by atoms with Gasteiger partial charge in [0.05, 0.1) is 33.9 Å². The number of carbonyl (C=O) groups excluding carboxylic acids is 2. The van der Waals surface area contributed by atoms with E-state index in [0.717, 1.165) is 16.7 Å². The number of benzene rings is 3. The number of amides is 1. The summed E-state index contributed by atoms with van der Waals surface area (Å²) in [7, 11) is 4.61. The fraction of sp³-hybridized carbons (Fsp3) is 0.333. The molecule has 1 fully saturated rings. The number of carbonyl (C=O) groups is 2. The summed E-state index contributed by atoms with van der Waals surface area (Å²) in [4.78, 5) is 25.6. The predicted octanol–water partition coefficient (Wildman–Crippen LogP) is 3.94.